The van der Waals surface area contributed by atoms with E-state index in [0.29, 0.717) is 13.0 Å². The quantitative estimate of drug-likeness (QED) is 0.667. The van der Waals surface area contributed by atoms with Gasteiger partial charge in [0.2, 0.25) is 10.0 Å². The fourth-order valence-electron chi connectivity index (χ4n) is 2.22. The lowest BCUT2D eigenvalue weighted by atomic mass is 10.3. The first-order valence-electron chi connectivity index (χ1n) is 6.40. The number of rotatable bonds is 7. The zero-order chi connectivity index (χ0) is 13.8. The van der Waals surface area contributed by atoms with Gasteiger partial charge in [-0.05, 0) is 39.3 Å². The van der Waals surface area contributed by atoms with E-state index in [1.54, 1.807) is 6.92 Å². The van der Waals surface area contributed by atoms with Gasteiger partial charge in [0.25, 0.3) is 0 Å². The molecule has 1 saturated heterocycles. The molecular weight excluding hydrogens is 270 g/mol. The second-order valence-corrected chi connectivity index (χ2v) is 7.20. The molecule has 1 rings (SSSR count). The SMILES string of the molecule is CCC(C(N)=S)S(=O)(=O)NCC(C)N1CCCC1. The van der Waals surface area contributed by atoms with Crippen molar-refractivity contribution in [3.63, 3.8) is 0 Å². The van der Waals surface area contributed by atoms with E-state index in [1.165, 1.54) is 12.8 Å². The smallest absolute Gasteiger partial charge is 0.221 e. The van der Waals surface area contributed by atoms with Gasteiger partial charge in [0, 0.05) is 12.6 Å². The Morgan fingerprint density at radius 2 is 2.00 bits per heavy atom. The molecule has 5 nitrogen and oxygen atoms in total. The highest BCUT2D eigenvalue weighted by Gasteiger charge is 2.27. The van der Waals surface area contributed by atoms with Crippen molar-refractivity contribution in [1.29, 1.82) is 0 Å². The van der Waals surface area contributed by atoms with Crippen LogP contribution >= 0.6 is 12.2 Å². The lowest BCUT2D eigenvalue weighted by Gasteiger charge is -2.25. The fourth-order valence-corrected chi connectivity index (χ4v) is 4.19. The average Bonchev–Trinajstić information content (AvgIpc) is 2.79. The Morgan fingerprint density at radius 1 is 1.44 bits per heavy atom. The number of hydrogen-bond acceptors (Lipinski definition) is 4. The Bertz CT molecular complexity index is 378. The van der Waals surface area contributed by atoms with Crippen molar-refractivity contribution in [2.75, 3.05) is 19.6 Å². The molecule has 2 unspecified atom stereocenters. The molecular formula is C11H23N3O2S2. The third-order valence-electron chi connectivity index (χ3n) is 3.41. The van der Waals surface area contributed by atoms with E-state index < -0.39 is 15.3 Å². The van der Waals surface area contributed by atoms with Gasteiger partial charge in [0.1, 0.15) is 5.25 Å². The summed E-state index contributed by atoms with van der Waals surface area (Å²) in [6.45, 7) is 6.33. The van der Waals surface area contributed by atoms with Gasteiger partial charge in [-0.3, -0.25) is 4.90 Å². The molecule has 0 aromatic heterocycles. The third-order valence-corrected chi connectivity index (χ3v) is 5.75. The number of sulfonamides is 1. The number of hydrogen-bond donors (Lipinski definition) is 2. The van der Waals surface area contributed by atoms with Gasteiger partial charge in [-0.25, -0.2) is 13.1 Å². The van der Waals surface area contributed by atoms with Crippen LogP contribution in [0.2, 0.25) is 0 Å². The van der Waals surface area contributed by atoms with Crippen molar-refractivity contribution in [3.8, 4) is 0 Å². The van der Waals surface area contributed by atoms with Crippen LogP contribution in [-0.4, -0.2) is 49.2 Å². The summed E-state index contributed by atoms with van der Waals surface area (Å²) in [4.78, 5) is 2.34. The molecule has 0 amide bonds. The maximum absolute atomic E-state index is 12.0. The summed E-state index contributed by atoms with van der Waals surface area (Å²) < 4.78 is 26.7. The number of nitrogens with two attached hydrogens (primary N) is 1. The standard InChI is InChI=1S/C11H23N3O2S2/c1-3-10(11(12)17)18(15,16)13-8-9(2)14-6-4-5-7-14/h9-10,13H,3-8H2,1-2H3,(H2,12,17). The van der Waals surface area contributed by atoms with Crippen LogP contribution in [0.5, 0.6) is 0 Å². The maximum Gasteiger partial charge on any atom is 0.221 e. The second-order valence-electron chi connectivity index (χ2n) is 4.78. The molecule has 2 atom stereocenters. The van der Waals surface area contributed by atoms with E-state index >= 15 is 0 Å². The summed E-state index contributed by atoms with van der Waals surface area (Å²) in [7, 11) is -3.44. The van der Waals surface area contributed by atoms with E-state index in [9.17, 15) is 8.42 Å². The molecule has 1 aliphatic heterocycles. The van der Waals surface area contributed by atoms with Gasteiger partial charge in [-0.15, -0.1) is 0 Å². The first kappa shape index (κ1) is 15.8. The van der Waals surface area contributed by atoms with Crippen molar-refractivity contribution in [3.05, 3.63) is 0 Å². The monoisotopic (exact) mass is 293 g/mol. The van der Waals surface area contributed by atoms with E-state index in [2.05, 4.69) is 9.62 Å². The minimum absolute atomic E-state index is 0.0406. The van der Waals surface area contributed by atoms with Gasteiger partial charge < -0.3 is 5.73 Å². The highest BCUT2D eigenvalue weighted by Crippen LogP contribution is 2.12. The van der Waals surface area contributed by atoms with E-state index in [0.717, 1.165) is 13.1 Å². The van der Waals surface area contributed by atoms with Crippen molar-refractivity contribution in [2.24, 2.45) is 5.73 Å². The molecule has 3 N–H and O–H groups in total. The number of nitrogens with one attached hydrogen (secondary N) is 1. The molecule has 0 spiro atoms. The first-order valence-corrected chi connectivity index (χ1v) is 8.35. The molecule has 0 aromatic carbocycles. The van der Waals surface area contributed by atoms with Crippen molar-refractivity contribution >= 4 is 27.2 Å². The van der Waals surface area contributed by atoms with Crippen molar-refractivity contribution < 1.29 is 8.42 Å². The molecule has 106 valence electrons. The van der Waals surface area contributed by atoms with Gasteiger partial charge in [-0.2, -0.15) is 0 Å². The molecule has 18 heavy (non-hydrogen) atoms. The van der Waals surface area contributed by atoms with E-state index in [4.69, 9.17) is 18.0 Å². The highest BCUT2D eigenvalue weighted by molar-refractivity contribution is 7.93. The van der Waals surface area contributed by atoms with Gasteiger partial charge >= 0.3 is 0 Å². The number of thiocarbonyl (C=S) groups is 1. The highest BCUT2D eigenvalue weighted by atomic mass is 32.2. The van der Waals surface area contributed by atoms with Gasteiger partial charge in [0.15, 0.2) is 0 Å². The maximum atomic E-state index is 12.0. The zero-order valence-electron chi connectivity index (χ0n) is 11.1. The van der Waals surface area contributed by atoms with Gasteiger partial charge in [0.05, 0.1) is 4.99 Å². The Labute approximate surface area is 115 Å². The third kappa shape index (κ3) is 4.15. The second kappa shape index (κ2) is 6.79. The Balaban J connectivity index is 2.52. The predicted octanol–water partition coefficient (Wildman–Crippen LogP) is 0.455. The van der Waals surface area contributed by atoms with Crippen LogP contribution in [0.4, 0.5) is 0 Å². The Kier molecular flexibility index (Phi) is 5.97. The summed E-state index contributed by atoms with van der Waals surface area (Å²) in [6.07, 6.45) is 2.80. The molecule has 1 heterocycles. The number of nitrogens with zero attached hydrogens (tertiary/aromatic N) is 1. The van der Waals surface area contributed by atoms with Crippen molar-refractivity contribution in [2.45, 2.75) is 44.4 Å². The predicted molar refractivity (Wildman–Crippen MR) is 78.1 cm³/mol. The van der Waals surface area contributed by atoms with E-state index in [-0.39, 0.29) is 11.0 Å². The minimum Gasteiger partial charge on any atom is -0.392 e. The Morgan fingerprint density at radius 3 is 2.44 bits per heavy atom. The van der Waals surface area contributed by atoms with Crippen LogP contribution in [0.3, 0.4) is 0 Å². The van der Waals surface area contributed by atoms with Crippen LogP contribution in [0.15, 0.2) is 0 Å². The molecule has 0 radical (unpaired) electrons. The lowest BCUT2D eigenvalue weighted by molar-refractivity contribution is 0.260. The van der Waals surface area contributed by atoms with Crippen LogP contribution in [0.1, 0.15) is 33.1 Å². The van der Waals surface area contributed by atoms with Crippen molar-refractivity contribution in [1.82, 2.24) is 9.62 Å². The fraction of sp³-hybridized carbons (Fsp3) is 0.909. The topological polar surface area (TPSA) is 75.4 Å². The molecule has 0 aromatic rings. The first-order chi connectivity index (χ1) is 8.38. The molecule has 1 fully saturated rings. The summed E-state index contributed by atoms with van der Waals surface area (Å²) in [5, 5.41) is -0.765. The molecule has 0 aliphatic carbocycles. The summed E-state index contributed by atoms with van der Waals surface area (Å²) in [5.41, 5.74) is 5.46. The number of likely N-dealkylation sites (tertiary alicyclic amines) is 1. The zero-order valence-corrected chi connectivity index (χ0v) is 12.7. The van der Waals surface area contributed by atoms with E-state index in [1.807, 2.05) is 6.92 Å². The summed E-state index contributed by atoms with van der Waals surface area (Å²) in [5.74, 6) is 0. The molecule has 0 saturated carbocycles. The summed E-state index contributed by atoms with van der Waals surface area (Å²) in [6, 6.07) is 0.214. The minimum atomic E-state index is -3.44. The molecule has 7 heteroatoms. The van der Waals surface area contributed by atoms with Crippen LogP contribution in [0, 0.1) is 0 Å². The largest absolute Gasteiger partial charge is 0.392 e. The average molecular weight is 293 g/mol. The molecule has 1 aliphatic rings. The van der Waals surface area contributed by atoms with Crippen LogP contribution in [-0.2, 0) is 10.0 Å². The Hall–Kier alpha value is -0.240. The molecule has 0 bridgehead atoms. The van der Waals surface area contributed by atoms with Crippen LogP contribution < -0.4 is 10.5 Å². The van der Waals surface area contributed by atoms with Crippen LogP contribution in [0.25, 0.3) is 0 Å². The normalized spacial score (nSPS) is 20.8. The summed E-state index contributed by atoms with van der Waals surface area (Å²) >= 11 is 4.80. The lowest BCUT2D eigenvalue weighted by Crippen LogP contribution is -2.46. The van der Waals surface area contributed by atoms with Gasteiger partial charge in [-0.1, -0.05) is 19.1 Å².